The van der Waals surface area contributed by atoms with Gasteiger partial charge < -0.3 is 15.8 Å². The van der Waals surface area contributed by atoms with Crippen LogP contribution in [0.4, 0.5) is 4.39 Å². The van der Waals surface area contributed by atoms with Gasteiger partial charge in [-0.2, -0.15) is 0 Å². The fourth-order valence-electron chi connectivity index (χ4n) is 3.05. The quantitative estimate of drug-likeness (QED) is 0.883. The lowest BCUT2D eigenvalue weighted by Crippen LogP contribution is -2.82. The third-order valence-corrected chi connectivity index (χ3v) is 4.04. The van der Waals surface area contributed by atoms with Crippen molar-refractivity contribution in [3.8, 4) is 5.75 Å². The molecule has 1 aromatic rings. The van der Waals surface area contributed by atoms with Crippen molar-refractivity contribution in [3.05, 3.63) is 29.0 Å². The standard InChI is InChI=1S/C13H14ClFN2O2/c14-9-2-1-8(3-10(9)15)19-4-11(18)17-13-5-12(16,6-13)7-13/h1-3H,4-7,16H2,(H,17,18). The van der Waals surface area contributed by atoms with Crippen molar-refractivity contribution in [2.24, 2.45) is 5.73 Å². The number of hydrogen-bond donors (Lipinski definition) is 2. The van der Waals surface area contributed by atoms with Crippen molar-refractivity contribution in [1.82, 2.24) is 5.32 Å². The molecule has 19 heavy (non-hydrogen) atoms. The fraction of sp³-hybridized carbons (Fsp3) is 0.462. The molecule has 1 aromatic carbocycles. The minimum absolute atomic E-state index is 0.0268. The molecule has 2 bridgehead atoms. The molecule has 1 amide bonds. The second-order valence-corrected chi connectivity index (χ2v) is 5.99. The second kappa shape index (κ2) is 4.08. The summed E-state index contributed by atoms with van der Waals surface area (Å²) in [6.45, 7) is -0.138. The molecular weight excluding hydrogens is 271 g/mol. The van der Waals surface area contributed by atoms with E-state index < -0.39 is 5.82 Å². The van der Waals surface area contributed by atoms with Crippen LogP contribution < -0.4 is 15.8 Å². The molecule has 0 saturated heterocycles. The number of nitrogens with one attached hydrogen (secondary N) is 1. The van der Waals surface area contributed by atoms with Gasteiger partial charge in [0.15, 0.2) is 6.61 Å². The van der Waals surface area contributed by atoms with Gasteiger partial charge in [-0.3, -0.25) is 4.79 Å². The molecule has 0 heterocycles. The zero-order valence-corrected chi connectivity index (χ0v) is 11.0. The van der Waals surface area contributed by atoms with Gasteiger partial charge in [0.25, 0.3) is 5.91 Å². The first kappa shape index (κ1) is 12.7. The predicted molar refractivity (Wildman–Crippen MR) is 68.5 cm³/mol. The van der Waals surface area contributed by atoms with Crippen molar-refractivity contribution < 1.29 is 13.9 Å². The van der Waals surface area contributed by atoms with E-state index in [4.69, 9.17) is 22.1 Å². The third-order valence-electron chi connectivity index (χ3n) is 3.74. The average Bonchev–Trinajstić information content (AvgIpc) is 2.27. The number of amides is 1. The molecule has 4 nitrogen and oxygen atoms in total. The monoisotopic (exact) mass is 284 g/mol. The van der Waals surface area contributed by atoms with Gasteiger partial charge in [-0.05, 0) is 31.4 Å². The average molecular weight is 285 g/mol. The molecule has 0 aliphatic heterocycles. The van der Waals surface area contributed by atoms with Gasteiger partial charge in [0.05, 0.1) is 5.02 Å². The highest BCUT2D eigenvalue weighted by molar-refractivity contribution is 6.30. The molecule has 102 valence electrons. The fourth-order valence-corrected chi connectivity index (χ4v) is 3.16. The highest BCUT2D eigenvalue weighted by atomic mass is 35.5. The van der Waals surface area contributed by atoms with Crippen molar-refractivity contribution in [2.75, 3.05) is 6.61 Å². The van der Waals surface area contributed by atoms with E-state index in [1.165, 1.54) is 12.1 Å². The lowest BCUT2D eigenvalue weighted by Gasteiger charge is -2.68. The largest absolute Gasteiger partial charge is 0.484 e. The maximum absolute atomic E-state index is 13.2. The highest BCUT2D eigenvalue weighted by Crippen LogP contribution is 2.58. The van der Waals surface area contributed by atoms with E-state index in [9.17, 15) is 9.18 Å². The van der Waals surface area contributed by atoms with E-state index in [-0.39, 0.29) is 34.4 Å². The second-order valence-electron chi connectivity index (χ2n) is 5.59. The Balaban J connectivity index is 1.49. The third kappa shape index (κ3) is 2.28. The molecule has 3 fully saturated rings. The van der Waals surface area contributed by atoms with Crippen LogP contribution in [0.15, 0.2) is 18.2 Å². The van der Waals surface area contributed by atoms with Gasteiger partial charge >= 0.3 is 0 Å². The smallest absolute Gasteiger partial charge is 0.258 e. The normalized spacial score (nSPS) is 31.1. The van der Waals surface area contributed by atoms with Crippen LogP contribution in [0.25, 0.3) is 0 Å². The van der Waals surface area contributed by atoms with Gasteiger partial charge in [0.1, 0.15) is 11.6 Å². The van der Waals surface area contributed by atoms with E-state index in [0.29, 0.717) is 0 Å². The number of carbonyl (C=O) groups is 1. The molecular formula is C13H14ClFN2O2. The lowest BCUT2D eigenvalue weighted by atomic mass is 9.44. The van der Waals surface area contributed by atoms with Crippen LogP contribution in [0.1, 0.15) is 19.3 Å². The Hall–Kier alpha value is -1.33. The van der Waals surface area contributed by atoms with Crippen LogP contribution in [0.5, 0.6) is 5.75 Å². The molecule has 3 saturated carbocycles. The van der Waals surface area contributed by atoms with Gasteiger partial charge in [-0.15, -0.1) is 0 Å². The van der Waals surface area contributed by atoms with E-state index in [0.717, 1.165) is 25.3 Å². The van der Waals surface area contributed by atoms with E-state index >= 15 is 0 Å². The Labute approximate surface area is 115 Å². The first-order valence-electron chi connectivity index (χ1n) is 6.08. The lowest BCUT2D eigenvalue weighted by molar-refractivity contribution is -0.137. The van der Waals surface area contributed by atoms with E-state index in [2.05, 4.69) is 5.32 Å². The summed E-state index contributed by atoms with van der Waals surface area (Å²) in [6.07, 6.45) is 2.50. The maximum Gasteiger partial charge on any atom is 0.258 e. The molecule has 0 unspecified atom stereocenters. The van der Waals surface area contributed by atoms with E-state index in [1.54, 1.807) is 0 Å². The Morgan fingerprint density at radius 2 is 2.16 bits per heavy atom. The summed E-state index contributed by atoms with van der Waals surface area (Å²) < 4.78 is 18.4. The molecule has 3 aliphatic carbocycles. The van der Waals surface area contributed by atoms with Crippen LogP contribution in [0, 0.1) is 5.82 Å². The topological polar surface area (TPSA) is 64.3 Å². The van der Waals surface area contributed by atoms with Crippen molar-refractivity contribution in [1.29, 1.82) is 0 Å². The van der Waals surface area contributed by atoms with Gasteiger partial charge in [0.2, 0.25) is 0 Å². The van der Waals surface area contributed by atoms with Crippen LogP contribution in [0.3, 0.4) is 0 Å². The van der Waals surface area contributed by atoms with Crippen molar-refractivity contribution in [3.63, 3.8) is 0 Å². The van der Waals surface area contributed by atoms with Gasteiger partial charge in [0, 0.05) is 17.1 Å². The minimum atomic E-state index is -0.566. The summed E-state index contributed by atoms with van der Waals surface area (Å²) in [6, 6.07) is 4.07. The molecule has 0 spiro atoms. The highest BCUT2D eigenvalue weighted by Gasteiger charge is 2.66. The van der Waals surface area contributed by atoms with E-state index in [1.807, 2.05) is 0 Å². The number of ether oxygens (including phenoxy) is 1. The number of nitrogens with two attached hydrogens (primary N) is 1. The van der Waals surface area contributed by atoms with Crippen molar-refractivity contribution in [2.45, 2.75) is 30.3 Å². The first-order valence-corrected chi connectivity index (χ1v) is 6.45. The summed E-state index contributed by atoms with van der Waals surface area (Å²) in [7, 11) is 0. The number of carbonyl (C=O) groups excluding carboxylic acids is 1. The summed E-state index contributed by atoms with van der Waals surface area (Å²) in [5, 5.41) is 2.94. The zero-order valence-electron chi connectivity index (χ0n) is 10.2. The molecule has 0 atom stereocenters. The number of benzene rings is 1. The number of hydrogen-bond acceptors (Lipinski definition) is 3. The zero-order chi connectivity index (χ0) is 13.7. The maximum atomic E-state index is 13.2. The van der Waals surface area contributed by atoms with Crippen LogP contribution in [-0.2, 0) is 4.79 Å². The molecule has 6 heteroatoms. The van der Waals surface area contributed by atoms with Crippen LogP contribution >= 0.6 is 11.6 Å². The summed E-state index contributed by atoms with van der Waals surface area (Å²) >= 11 is 5.55. The predicted octanol–water partition coefficient (Wildman–Crippen LogP) is 1.61. The Kier molecular flexibility index (Phi) is 2.73. The number of halogens is 2. The molecule has 3 aliphatic rings. The summed E-state index contributed by atoms with van der Waals surface area (Å²) in [4.78, 5) is 11.7. The minimum Gasteiger partial charge on any atom is -0.484 e. The molecule has 4 rings (SSSR count). The van der Waals surface area contributed by atoms with Gasteiger partial charge in [-0.25, -0.2) is 4.39 Å². The first-order chi connectivity index (χ1) is 8.90. The Bertz CT molecular complexity index is 530. The summed E-state index contributed by atoms with van der Waals surface area (Å²) in [5.74, 6) is -0.494. The van der Waals surface area contributed by atoms with Crippen LogP contribution in [-0.4, -0.2) is 23.6 Å². The van der Waals surface area contributed by atoms with Crippen molar-refractivity contribution >= 4 is 17.5 Å². The molecule has 0 radical (unpaired) electrons. The van der Waals surface area contributed by atoms with Gasteiger partial charge in [-0.1, -0.05) is 11.6 Å². The Morgan fingerprint density at radius 1 is 1.47 bits per heavy atom. The summed E-state index contributed by atoms with van der Waals surface area (Å²) in [5.41, 5.74) is 5.75. The SMILES string of the molecule is NC12CC(NC(=O)COc3ccc(Cl)c(F)c3)(C1)C2. The van der Waals surface area contributed by atoms with Crippen LogP contribution in [0.2, 0.25) is 5.02 Å². The molecule has 0 aromatic heterocycles. The number of rotatable bonds is 4. The molecule has 3 N–H and O–H groups in total. The Morgan fingerprint density at radius 3 is 2.74 bits per heavy atom.